The summed E-state index contributed by atoms with van der Waals surface area (Å²) < 4.78 is 54.0. The third-order valence-corrected chi connectivity index (χ3v) is 6.43. The average molecular weight is 430 g/mol. The van der Waals surface area contributed by atoms with Crippen molar-refractivity contribution >= 4 is 21.6 Å². The maximum atomic E-state index is 13.9. The number of halogens is 2. The SMILES string of the molecule is CC(NC(=O)c1cccc(S(=O)(=O)N(C)c2ccccc2)c1)c1ccc(F)cc1F. The van der Waals surface area contributed by atoms with Crippen molar-refractivity contribution in [2.45, 2.75) is 17.9 Å². The van der Waals surface area contributed by atoms with Crippen LogP contribution in [0.1, 0.15) is 28.9 Å². The van der Waals surface area contributed by atoms with Gasteiger partial charge in [-0.05, 0) is 43.3 Å². The van der Waals surface area contributed by atoms with E-state index in [1.807, 2.05) is 0 Å². The van der Waals surface area contributed by atoms with Crippen molar-refractivity contribution in [1.82, 2.24) is 5.32 Å². The first-order valence-electron chi connectivity index (χ1n) is 9.10. The lowest BCUT2D eigenvalue weighted by Crippen LogP contribution is -2.29. The van der Waals surface area contributed by atoms with Crippen LogP contribution in [0.3, 0.4) is 0 Å². The largest absolute Gasteiger partial charge is 0.345 e. The van der Waals surface area contributed by atoms with Crippen molar-refractivity contribution in [3.63, 3.8) is 0 Å². The number of para-hydroxylation sites is 1. The van der Waals surface area contributed by atoms with Crippen LogP contribution in [0.2, 0.25) is 0 Å². The fourth-order valence-corrected chi connectivity index (χ4v) is 4.18. The molecule has 0 heterocycles. The van der Waals surface area contributed by atoms with Gasteiger partial charge in [-0.2, -0.15) is 0 Å². The molecule has 0 aromatic heterocycles. The molecule has 0 saturated carbocycles. The van der Waals surface area contributed by atoms with Gasteiger partial charge in [0, 0.05) is 24.2 Å². The zero-order valence-electron chi connectivity index (χ0n) is 16.3. The molecule has 3 aromatic carbocycles. The third-order valence-electron chi connectivity index (χ3n) is 4.65. The average Bonchev–Trinajstić information content (AvgIpc) is 2.73. The molecule has 0 bridgehead atoms. The molecule has 3 rings (SSSR count). The number of amides is 1. The van der Waals surface area contributed by atoms with Crippen LogP contribution in [-0.2, 0) is 10.0 Å². The van der Waals surface area contributed by atoms with Gasteiger partial charge in [-0.15, -0.1) is 0 Å². The Morgan fingerprint density at radius 2 is 1.67 bits per heavy atom. The second kappa shape index (κ2) is 8.62. The number of anilines is 1. The molecular formula is C22H20F2N2O3S. The van der Waals surface area contributed by atoms with E-state index < -0.39 is 33.6 Å². The summed E-state index contributed by atoms with van der Waals surface area (Å²) in [4.78, 5) is 12.6. The number of carbonyl (C=O) groups is 1. The van der Waals surface area contributed by atoms with E-state index in [9.17, 15) is 22.0 Å². The van der Waals surface area contributed by atoms with E-state index in [-0.39, 0.29) is 16.0 Å². The van der Waals surface area contributed by atoms with Crippen molar-refractivity contribution in [1.29, 1.82) is 0 Å². The number of benzene rings is 3. The van der Waals surface area contributed by atoms with Gasteiger partial charge in [0.15, 0.2) is 0 Å². The molecule has 156 valence electrons. The van der Waals surface area contributed by atoms with Gasteiger partial charge in [0.2, 0.25) is 0 Å². The van der Waals surface area contributed by atoms with Crippen LogP contribution in [0.4, 0.5) is 14.5 Å². The maximum Gasteiger partial charge on any atom is 0.264 e. The van der Waals surface area contributed by atoms with Crippen LogP contribution in [0.25, 0.3) is 0 Å². The van der Waals surface area contributed by atoms with Crippen molar-refractivity contribution in [3.05, 3.63) is 95.6 Å². The lowest BCUT2D eigenvalue weighted by molar-refractivity contribution is 0.0939. The minimum Gasteiger partial charge on any atom is -0.345 e. The van der Waals surface area contributed by atoms with Crippen LogP contribution in [0.5, 0.6) is 0 Å². The highest BCUT2D eigenvalue weighted by Crippen LogP contribution is 2.23. The standard InChI is InChI=1S/C22H20F2N2O3S/c1-15(20-12-11-17(23)14-21(20)24)25-22(27)16-7-6-10-19(13-16)30(28,29)26(2)18-8-4-3-5-9-18/h3-15H,1-2H3,(H,25,27). The summed E-state index contributed by atoms with van der Waals surface area (Å²) in [6, 6.07) is 16.5. The minimum atomic E-state index is -3.89. The number of rotatable bonds is 6. The number of hydrogen-bond donors (Lipinski definition) is 1. The Morgan fingerprint density at radius 1 is 0.967 bits per heavy atom. The van der Waals surface area contributed by atoms with Crippen molar-refractivity contribution in [2.75, 3.05) is 11.4 Å². The first-order chi connectivity index (χ1) is 14.2. The summed E-state index contributed by atoms with van der Waals surface area (Å²) >= 11 is 0. The monoisotopic (exact) mass is 430 g/mol. The van der Waals surface area contributed by atoms with Gasteiger partial charge in [0.25, 0.3) is 15.9 Å². The molecule has 1 unspecified atom stereocenters. The molecule has 0 saturated heterocycles. The van der Waals surface area contributed by atoms with Crippen molar-refractivity contribution in [2.24, 2.45) is 0 Å². The number of sulfonamides is 1. The third kappa shape index (κ3) is 4.49. The molecule has 3 aromatic rings. The fraction of sp³-hybridized carbons (Fsp3) is 0.136. The predicted octanol–water partition coefficient (Wildman–Crippen LogP) is 4.28. The minimum absolute atomic E-state index is 0.0536. The molecule has 0 radical (unpaired) electrons. The van der Waals surface area contributed by atoms with E-state index in [1.165, 1.54) is 37.4 Å². The molecule has 0 fully saturated rings. The maximum absolute atomic E-state index is 13.9. The van der Waals surface area contributed by atoms with E-state index in [1.54, 1.807) is 37.3 Å². The van der Waals surface area contributed by atoms with E-state index in [0.717, 1.165) is 16.4 Å². The Bertz CT molecular complexity index is 1170. The van der Waals surface area contributed by atoms with Crippen molar-refractivity contribution < 1.29 is 22.0 Å². The van der Waals surface area contributed by atoms with E-state index >= 15 is 0 Å². The zero-order chi connectivity index (χ0) is 21.9. The van der Waals surface area contributed by atoms with E-state index in [2.05, 4.69) is 5.32 Å². The summed E-state index contributed by atoms with van der Waals surface area (Å²) in [7, 11) is -2.46. The molecule has 30 heavy (non-hydrogen) atoms. The lowest BCUT2D eigenvalue weighted by atomic mass is 10.1. The fourth-order valence-electron chi connectivity index (χ4n) is 2.94. The highest BCUT2D eigenvalue weighted by molar-refractivity contribution is 7.92. The Labute approximate surface area is 174 Å². The normalized spacial score (nSPS) is 12.3. The Kier molecular flexibility index (Phi) is 6.17. The summed E-state index contributed by atoms with van der Waals surface area (Å²) in [5, 5.41) is 2.60. The molecule has 8 heteroatoms. The van der Waals surface area contributed by atoms with Gasteiger partial charge < -0.3 is 5.32 Å². The number of hydrogen-bond acceptors (Lipinski definition) is 3. The summed E-state index contributed by atoms with van der Waals surface area (Å²) in [5.41, 5.74) is 0.706. The molecule has 0 aliphatic heterocycles. The lowest BCUT2D eigenvalue weighted by Gasteiger charge is -2.20. The molecular weight excluding hydrogens is 410 g/mol. The quantitative estimate of drug-likeness (QED) is 0.635. The Hall–Kier alpha value is -3.26. The van der Waals surface area contributed by atoms with Gasteiger partial charge in [0.05, 0.1) is 16.6 Å². The smallest absolute Gasteiger partial charge is 0.264 e. The number of carbonyl (C=O) groups excluding carboxylic acids is 1. The zero-order valence-corrected chi connectivity index (χ0v) is 17.2. The molecule has 0 aliphatic rings. The molecule has 0 spiro atoms. The van der Waals surface area contributed by atoms with E-state index in [0.29, 0.717) is 5.69 Å². The first-order valence-corrected chi connectivity index (χ1v) is 10.5. The van der Waals surface area contributed by atoms with Crippen LogP contribution in [0, 0.1) is 11.6 Å². The molecule has 5 nitrogen and oxygen atoms in total. The van der Waals surface area contributed by atoms with Gasteiger partial charge in [-0.3, -0.25) is 9.10 Å². The van der Waals surface area contributed by atoms with Crippen LogP contribution in [0.15, 0.2) is 77.7 Å². The van der Waals surface area contributed by atoms with Gasteiger partial charge in [-0.1, -0.05) is 30.3 Å². The van der Waals surface area contributed by atoms with E-state index in [4.69, 9.17) is 0 Å². The predicted molar refractivity (Wildman–Crippen MR) is 111 cm³/mol. The van der Waals surface area contributed by atoms with Gasteiger partial charge >= 0.3 is 0 Å². The van der Waals surface area contributed by atoms with Gasteiger partial charge in [0.1, 0.15) is 11.6 Å². The Balaban J connectivity index is 1.83. The van der Waals surface area contributed by atoms with Crippen LogP contribution >= 0.6 is 0 Å². The highest BCUT2D eigenvalue weighted by atomic mass is 32.2. The van der Waals surface area contributed by atoms with Crippen molar-refractivity contribution in [3.8, 4) is 0 Å². The first kappa shape index (κ1) is 21.4. The highest BCUT2D eigenvalue weighted by Gasteiger charge is 2.23. The van der Waals surface area contributed by atoms with Gasteiger partial charge in [-0.25, -0.2) is 17.2 Å². The second-order valence-electron chi connectivity index (χ2n) is 6.70. The summed E-state index contributed by atoms with van der Waals surface area (Å²) in [6.07, 6.45) is 0. The summed E-state index contributed by atoms with van der Waals surface area (Å²) in [5.74, 6) is -2.07. The summed E-state index contributed by atoms with van der Waals surface area (Å²) in [6.45, 7) is 1.55. The van der Waals surface area contributed by atoms with Crippen LogP contribution < -0.4 is 9.62 Å². The number of nitrogens with one attached hydrogen (secondary N) is 1. The topological polar surface area (TPSA) is 66.5 Å². The second-order valence-corrected chi connectivity index (χ2v) is 8.67. The molecule has 1 amide bonds. The van der Waals surface area contributed by atoms with Crippen LogP contribution in [-0.4, -0.2) is 21.4 Å². The number of nitrogens with zero attached hydrogens (tertiary/aromatic N) is 1. The molecule has 0 aliphatic carbocycles. The Morgan fingerprint density at radius 3 is 2.33 bits per heavy atom. The molecule has 1 N–H and O–H groups in total. The molecule has 1 atom stereocenters.